The normalized spacial score (nSPS) is 18.9. The van der Waals surface area contributed by atoms with Crippen molar-refractivity contribution in [2.75, 3.05) is 33.2 Å². The zero-order valence-corrected chi connectivity index (χ0v) is 15.7. The molecule has 1 aliphatic rings. The highest BCUT2D eigenvalue weighted by Gasteiger charge is 2.29. The highest BCUT2D eigenvalue weighted by atomic mass is 16.3. The van der Waals surface area contributed by atoms with Gasteiger partial charge in [0.25, 0.3) is 0 Å². The summed E-state index contributed by atoms with van der Waals surface area (Å²) in [6.45, 7) is 8.20. The minimum atomic E-state index is -0.388. The van der Waals surface area contributed by atoms with Gasteiger partial charge in [-0.3, -0.25) is 4.90 Å². The van der Waals surface area contributed by atoms with Crippen LogP contribution in [0.3, 0.4) is 0 Å². The van der Waals surface area contributed by atoms with Crippen LogP contribution in [0.2, 0.25) is 0 Å². The van der Waals surface area contributed by atoms with Gasteiger partial charge in [-0.1, -0.05) is 54.1 Å². The second-order valence-corrected chi connectivity index (χ2v) is 7.39. The molecule has 0 aromatic heterocycles. The number of aryl methyl sites for hydroxylation is 1. The van der Waals surface area contributed by atoms with Crippen LogP contribution in [-0.4, -0.2) is 54.2 Å². The first-order valence-corrected chi connectivity index (χ1v) is 9.28. The summed E-state index contributed by atoms with van der Waals surface area (Å²) >= 11 is 0. The predicted octanol–water partition coefficient (Wildman–Crippen LogP) is 3.26. The third-order valence-corrected chi connectivity index (χ3v) is 5.24. The van der Waals surface area contributed by atoms with Gasteiger partial charge < -0.3 is 10.0 Å². The fraction of sp³-hybridized carbons (Fsp3) is 0.455. The van der Waals surface area contributed by atoms with Crippen LogP contribution in [0.25, 0.3) is 0 Å². The minimum absolute atomic E-state index is 0.0630. The summed E-state index contributed by atoms with van der Waals surface area (Å²) in [6.07, 6.45) is 0.523. The topological polar surface area (TPSA) is 26.7 Å². The van der Waals surface area contributed by atoms with E-state index in [-0.39, 0.29) is 12.1 Å². The number of benzene rings is 2. The van der Waals surface area contributed by atoms with E-state index >= 15 is 0 Å². The lowest BCUT2D eigenvalue weighted by Gasteiger charge is -2.40. The fourth-order valence-corrected chi connectivity index (χ4v) is 3.85. The smallest absolute Gasteiger partial charge is 0.0709 e. The number of aliphatic hydroxyl groups is 1. The van der Waals surface area contributed by atoms with Crippen LogP contribution in [-0.2, 0) is 6.42 Å². The Balaban J connectivity index is 1.93. The van der Waals surface area contributed by atoms with Gasteiger partial charge in [0.05, 0.1) is 12.1 Å². The number of aliphatic hydroxyl groups excluding tert-OH is 1. The molecule has 2 aromatic rings. The van der Waals surface area contributed by atoms with E-state index < -0.39 is 0 Å². The van der Waals surface area contributed by atoms with Gasteiger partial charge in [0.2, 0.25) is 0 Å². The molecule has 1 N–H and O–H groups in total. The Morgan fingerprint density at radius 1 is 1.00 bits per heavy atom. The predicted molar refractivity (Wildman–Crippen MR) is 104 cm³/mol. The lowest BCUT2D eigenvalue weighted by molar-refractivity contribution is 0.0312. The van der Waals surface area contributed by atoms with Crippen LogP contribution >= 0.6 is 0 Å². The molecule has 0 spiro atoms. The molecule has 2 atom stereocenters. The van der Waals surface area contributed by atoms with Crippen LogP contribution in [0.5, 0.6) is 0 Å². The van der Waals surface area contributed by atoms with E-state index in [1.807, 2.05) is 6.92 Å². The summed E-state index contributed by atoms with van der Waals surface area (Å²) < 4.78 is 0. The number of hydrogen-bond acceptors (Lipinski definition) is 3. The fourth-order valence-electron chi connectivity index (χ4n) is 3.85. The third-order valence-electron chi connectivity index (χ3n) is 5.24. The maximum absolute atomic E-state index is 10.6. The second kappa shape index (κ2) is 8.13. The Morgan fingerprint density at radius 3 is 2.32 bits per heavy atom. The monoisotopic (exact) mass is 338 g/mol. The first kappa shape index (κ1) is 18.1. The van der Waals surface area contributed by atoms with Gasteiger partial charge in [0, 0.05) is 26.2 Å². The average molecular weight is 338 g/mol. The Bertz CT molecular complexity index is 676. The summed E-state index contributed by atoms with van der Waals surface area (Å²) in [7, 11) is 2.17. The highest BCUT2D eigenvalue weighted by molar-refractivity contribution is 5.38. The maximum Gasteiger partial charge on any atom is 0.0709 e. The van der Waals surface area contributed by atoms with E-state index in [0.717, 1.165) is 32.6 Å². The first-order chi connectivity index (χ1) is 12.0. The summed E-state index contributed by atoms with van der Waals surface area (Å²) in [5.41, 5.74) is 5.19. The molecule has 3 heteroatoms. The van der Waals surface area contributed by atoms with E-state index in [2.05, 4.69) is 72.3 Å². The van der Waals surface area contributed by atoms with Gasteiger partial charge in [-0.25, -0.2) is 0 Å². The van der Waals surface area contributed by atoms with Crippen molar-refractivity contribution in [3.8, 4) is 0 Å². The molecule has 2 aromatic carbocycles. The van der Waals surface area contributed by atoms with Gasteiger partial charge in [0.15, 0.2) is 0 Å². The highest BCUT2D eigenvalue weighted by Crippen LogP contribution is 2.30. The van der Waals surface area contributed by atoms with Gasteiger partial charge in [-0.2, -0.15) is 0 Å². The largest absolute Gasteiger partial charge is 0.391 e. The van der Waals surface area contributed by atoms with Crippen LogP contribution in [0.4, 0.5) is 0 Å². The quantitative estimate of drug-likeness (QED) is 0.906. The number of likely N-dealkylation sites (N-methyl/N-ethyl adjacent to an activating group) is 1. The Kier molecular flexibility index (Phi) is 5.89. The molecule has 0 amide bonds. The van der Waals surface area contributed by atoms with E-state index in [1.165, 1.54) is 22.3 Å². The summed E-state index contributed by atoms with van der Waals surface area (Å²) in [4.78, 5) is 4.81. The van der Waals surface area contributed by atoms with E-state index in [9.17, 15) is 5.11 Å². The molecule has 0 radical (unpaired) electrons. The van der Waals surface area contributed by atoms with Crippen molar-refractivity contribution in [3.63, 3.8) is 0 Å². The van der Waals surface area contributed by atoms with Crippen molar-refractivity contribution in [2.45, 2.75) is 32.4 Å². The zero-order chi connectivity index (χ0) is 17.8. The molecule has 134 valence electrons. The Morgan fingerprint density at radius 2 is 1.68 bits per heavy atom. The van der Waals surface area contributed by atoms with Crippen LogP contribution in [0.15, 0.2) is 48.5 Å². The molecule has 2 unspecified atom stereocenters. The molecule has 0 bridgehead atoms. The van der Waals surface area contributed by atoms with Crippen molar-refractivity contribution in [2.24, 2.45) is 0 Å². The summed E-state index contributed by atoms with van der Waals surface area (Å²) in [5.74, 6) is 0. The zero-order valence-electron chi connectivity index (χ0n) is 15.7. The first-order valence-electron chi connectivity index (χ1n) is 9.28. The number of rotatable bonds is 5. The third kappa shape index (κ3) is 4.49. The molecule has 3 nitrogen and oxygen atoms in total. The van der Waals surface area contributed by atoms with Crippen molar-refractivity contribution in [1.82, 2.24) is 9.80 Å². The molecular weight excluding hydrogens is 308 g/mol. The van der Waals surface area contributed by atoms with Crippen molar-refractivity contribution in [3.05, 3.63) is 70.8 Å². The van der Waals surface area contributed by atoms with Crippen LogP contribution in [0, 0.1) is 6.92 Å². The van der Waals surface area contributed by atoms with E-state index in [0.29, 0.717) is 0 Å². The van der Waals surface area contributed by atoms with E-state index in [1.54, 1.807) is 0 Å². The number of hydrogen-bond donors (Lipinski definition) is 1. The Hall–Kier alpha value is -1.68. The molecule has 1 fully saturated rings. The average Bonchev–Trinajstić information content (AvgIpc) is 2.59. The number of nitrogens with zero attached hydrogens (tertiary/aromatic N) is 2. The molecule has 1 heterocycles. The lowest BCUT2D eigenvalue weighted by Crippen LogP contribution is -2.48. The SMILES string of the molecule is Cc1ccc(C(C(C)O)N2CCN(C)CC2)c(Cc2ccccc2)c1. The van der Waals surface area contributed by atoms with Crippen LogP contribution in [0.1, 0.15) is 35.2 Å². The van der Waals surface area contributed by atoms with Crippen LogP contribution < -0.4 is 0 Å². The maximum atomic E-state index is 10.6. The molecular formula is C22H30N2O. The molecule has 0 saturated carbocycles. The molecule has 0 aliphatic carbocycles. The lowest BCUT2D eigenvalue weighted by atomic mass is 9.90. The van der Waals surface area contributed by atoms with Crippen molar-refractivity contribution < 1.29 is 5.11 Å². The molecule has 3 rings (SSSR count). The minimum Gasteiger partial charge on any atom is -0.391 e. The number of piperazine rings is 1. The molecule has 25 heavy (non-hydrogen) atoms. The van der Waals surface area contributed by atoms with Crippen molar-refractivity contribution in [1.29, 1.82) is 0 Å². The molecule has 1 aliphatic heterocycles. The van der Waals surface area contributed by atoms with Gasteiger partial charge >= 0.3 is 0 Å². The van der Waals surface area contributed by atoms with Crippen molar-refractivity contribution >= 4 is 0 Å². The standard InChI is InChI=1S/C22H30N2O/c1-17-9-10-21(20(15-17)16-19-7-5-4-6-8-19)22(18(2)25)24-13-11-23(3)12-14-24/h4-10,15,18,22,25H,11-14,16H2,1-3H3. The second-order valence-electron chi connectivity index (χ2n) is 7.39. The van der Waals surface area contributed by atoms with Gasteiger partial charge in [0.1, 0.15) is 0 Å². The summed E-state index contributed by atoms with van der Waals surface area (Å²) in [6, 6.07) is 17.4. The van der Waals surface area contributed by atoms with Gasteiger partial charge in [-0.05, 0) is 44.0 Å². The summed E-state index contributed by atoms with van der Waals surface area (Å²) in [5, 5.41) is 10.6. The van der Waals surface area contributed by atoms with E-state index in [4.69, 9.17) is 0 Å². The molecule has 1 saturated heterocycles. The van der Waals surface area contributed by atoms with Gasteiger partial charge in [-0.15, -0.1) is 0 Å². The Labute approximate surface area is 151 Å².